The van der Waals surface area contributed by atoms with Gasteiger partial charge in [-0.3, -0.25) is 4.29 Å². The van der Waals surface area contributed by atoms with Gasteiger partial charge in [-0.15, -0.1) is 0 Å². The van der Waals surface area contributed by atoms with Crippen LogP contribution in [-0.4, -0.2) is 110 Å². The monoisotopic (exact) mass is 376 g/mol. The Labute approximate surface area is 141 Å². The fraction of sp³-hybridized carbons (Fsp3) is 1.00. The summed E-state index contributed by atoms with van der Waals surface area (Å²) in [6, 6.07) is 0. The SMILES string of the molecule is OC[C@H]1O[C@H](O)[C@H](O)[C@@H](O)[C@@H]1O[C@@H]1O[C@H](COCl)[C@H](O)[C@H](O)[C@H]1O. The molecule has 24 heavy (non-hydrogen) atoms. The maximum absolute atomic E-state index is 9.99. The minimum atomic E-state index is -1.74. The fourth-order valence-corrected chi connectivity index (χ4v) is 2.74. The zero-order valence-electron chi connectivity index (χ0n) is 12.3. The largest absolute Gasteiger partial charge is 0.394 e. The van der Waals surface area contributed by atoms with Crippen LogP contribution in [0.3, 0.4) is 0 Å². The first-order valence-corrected chi connectivity index (χ1v) is 7.51. The van der Waals surface area contributed by atoms with Gasteiger partial charge in [-0.05, 0) is 0 Å². The van der Waals surface area contributed by atoms with E-state index in [1.54, 1.807) is 0 Å². The van der Waals surface area contributed by atoms with Gasteiger partial charge >= 0.3 is 0 Å². The molecule has 2 saturated heterocycles. The lowest BCUT2D eigenvalue weighted by Crippen LogP contribution is -2.64. The van der Waals surface area contributed by atoms with Crippen LogP contribution in [-0.2, 0) is 18.5 Å². The van der Waals surface area contributed by atoms with Crippen LogP contribution in [0.25, 0.3) is 0 Å². The van der Waals surface area contributed by atoms with Gasteiger partial charge in [0.25, 0.3) is 0 Å². The van der Waals surface area contributed by atoms with Crippen molar-refractivity contribution >= 4 is 11.9 Å². The number of rotatable bonds is 5. The van der Waals surface area contributed by atoms with Crippen molar-refractivity contribution < 1.29 is 54.2 Å². The molecule has 0 saturated carbocycles. The van der Waals surface area contributed by atoms with E-state index in [0.717, 1.165) is 0 Å². The summed E-state index contributed by atoms with van der Waals surface area (Å²) >= 11 is 5.10. The Bertz CT molecular complexity index is 399. The molecule has 2 aliphatic heterocycles. The number of hydrogen-bond donors (Lipinski definition) is 7. The Hall–Kier alpha value is -0.150. The highest BCUT2D eigenvalue weighted by atomic mass is 35.5. The normalized spacial score (nSPS) is 50.0. The molecule has 0 radical (unpaired) electrons. The summed E-state index contributed by atoms with van der Waals surface area (Å²) < 4.78 is 19.8. The molecule has 2 rings (SSSR count). The lowest BCUT2D eigenvalue weighted by molar-refractivity contribution is -0.354. The topological polar surface area (TPSA) is 179 Å². The van der Waals surface area contributed by atoms with Crippen molar-refractivity contribution in [2.24, 2.45) is 0 Å². The van der Waals surface area contributed by atoms with Crippen LogP contribution in [0.1, 0.15) is 0 Å². The average molecular weight is 377 g/mol. The summed E-state index contributed by atoms with van der Waals surface area (Å²) in [4.78, 5) is 0. The third-order valence-electron chi connectivity index (χ3n) is 4.03. The van der Waals surface area contributed by atoms with Crippen molar-refractivity contribution in [1.82, 2.24) is 0 Å². The zero-order valence-corrected chi connectivity index (χ0v) is 13.1. The van der Waals surface area contributed by atoms with Crippen LogP contribution >= 0.6 is 11.9 Å². The van der Waals surface area contributed by atoms with Crippen LogP contribution in [0.4, 0.5) is 0 Å². The van der Waals surface area contributed by atoms with Gasteiger partial charge in [0.2, 0.25) is 0 Å². The number of hydrogen-bond acceptors (Lipinski definition) is 11. The molecule has 0 amide bonds. The van der Waals surface area contributed by atoms with Crippen molar-refractivity contribution in [3.63, 3.8) is 0 Å². The Morgan fingerprint density at radius 1 is 0.792 bits per heavy atom. The average Bonchev–Trinajstić information content (AvgIpc) is 2.57. The van der Waals surface area contributed by atoms with Crippen molar-refractivity contribution in [1.29, 1.82) is 0 Å². The Kier molecular flexibility index (Phi) is 7.13. The second-order valence-corrected chi connectivity index (χ2v) is 5.84. The molecule has 0 spiro atoms. The summed E-state index contributed by atoms with van der Waals surface area (Å²) in [6.07, 6.45) is -15.3. The van der Waals surface area contributed by atoms with Gasteiger partial charge in [0.1, 0.15) is 48.8 Å². The van der Waals surface area contributed by atoms with Gasteiger partial charge in [-0.2, -0.15) is 0 Å². The molecule has 2 heterocycles. The molecule has 11 nitrogen and oxygen atoms in total. The Morgan fingerprint density at radius 3 is 2.04 bits per heavy atom. The summed E-state index contributed by atoms with van der Waals surface area (Å²) in [6.45, 7) is -1.01. The first-order valence-electron chi connectivity index (χ1n) is 7.21. The highest BCUT2D eigenvalue weighted by molar-refractivity contribution is 6.07. The second-order valence-electron chi connectivity index (χ2n) is 5.62. The van der Waals surface area contributed by atoms with Crippen molar-refractivity contribution in [3.05, 3.63) is 0 Å². The molecule has 0 unspecified atom stereocenters. The number of halogens is 1. The van der Waals surface area contributed by atoms with Gasteiger partial charge in [0.05, 0.1) is 25.1 Å². The van der Waals surface area contributed by atoms with Gasteiger partial charge in [-0.1, -0.05) is 0 Å². The van der Waals surface area contributed by atoms with Gasteiger partial charge < -0.3 is 50.0 Å². The Morgan fingerprint density at radius 2 is 1.46 bits per heavy atom. The van der Waals surface area contributed by atoms with E-state index in [-0.39, 0.29) is 6.61 Å². The predicted molar refractivity (Wildman–Crippen MR) is 73.3 cm³/mol. The highest BCUT2D eigenvalue weighted by Gasteiger charge is 2.50. The summed E-state index contributed by atoms with van der Waals surface area (Å²) in [7, 11) is 0. The second kappa shape index (κ2) is 8.49. The third kappa shape index (κ3) is 3.98. The minimum absolute atomic E-state index is 0.332. The molecule has 0 bridgehead atoms. The molecule has 0 aromatic rings. The van der Waals surface area contributed by atoms with E-state index in [0.29, 0.717) is 0 Å². The highest BCUT2D eigenvalue weighted by Crippen LogP contribution is 2.28. The number of ether oxygens (including phenoxy) is 3. The molecule has 0 aliphatic carbocycles. The quantitative estimate of drug-likeness (QED) is 0.247. The predicted octanol–water partition coefficient (Wildman–Crippen LogP) is -4.22. The first-order chi connectivity index (χ1) is 11.3. The maximum Gasteiger partial charge on any atom is 0.187 e. The van der Waals surface area contributed by atoms with Crippen LogP contribution < -0.4 is 0 Å². The lowest BCUT2D eigenvalue weighted by atomic mass is 9.97. The van der Waals surface area contributed by atoms with Crippen LogP contribution in [0, 0.1) is 0 Å². The van der Waals surface area contributed by atoms with E-state index in [2.05, 4.69) is 4.29 Å². The van der Waals surface area contributed by atoms with E-state index in [4.69, 9.17) is 26.1 Å². The Balaban J connectivity index is 2.11. The van der Waals surface area contributed by atoms with E-state index >= 15 is 0 Å². The molecule has 12 heteroatoms. The maximum atomic E-state index is 9.99. The van der Waals surface area contributed by atoms with Crippen molar-refractivity contribution in [2.45, 2.75) is 61.4 Å². The summed E-state index contributed by atoms with van der Waals surface area (Å²) in [5.41, 5.74) is 0. The van der Waals surface area contributed by atoms with Gasteiger partial charge in [-0.25, -0.2) is 0 Å². The molecular formula is C12H21ClO11. The van der Waals surface area contributed by atoms with E-state index < -0.39 is 68.0 Å². The van der Waals surface area contributed by atoms with Gasteiger partial charge in [0.15, 0.2) is 12.6 Å². The summed E-state index contributed by atoms with van der Waals surface area (Å²) in [5, 5.41) is 67.9. The first kappa shape index (κ1) is 20.2. The van der Waals surface area contributed by atoms with Crippen LogP contribution in [0.5, 0.6) is 0 Å². The number of aliphatic hydroxyl groups excluding tert-OH is 7. The van der Waals surface area contributed by atoms with Crippen molar-refractivity contribution in [3.8, 4) is 0 Å². The van der Waals surface area contributed by atoms with E-state index in [1.165, 1.54) is 0 Å². The molecule has 0 aromatic carbocycles. The molecule has 10 atom stereocenters. The smallest absolute Gasteiger partial charge is 0.187 e. The zero-order chi connectivity index (χ0) is 18.0. The van der Waals surface area contributed by atoms with Gasteiger partial charge in [0, 0.05) is 0 Å². The lowest BCUT2D eigenvalue weighted by Gasteiger charge is -2.45. The summed E-state index contributed by atoms with van der Waals surface area (Å²) in [5.74, 6) is 0. The van der Waals surface area contributed by atoms with Crippen molar-refractivity contribution in [2.75, 3.05) is 13.2 Å². The van der Waals surface area contributed by atoms with E-state index in [1.807, 2.05) is 0 Å². The third-order valence-corrected chi connectivity index (χ3v) is 4.15. The molecular weight excluding hydrogens is 356 g/mol. The standard InChI is InChI=1S/C12H21ClO11/c13-21-2-4-5(15)6(16)9(19)12(23-4)24-10-3(1-14)22-11(20)8(18)7(10)17/h3-12,14-20H,1-2H2/t3-,4-,5+,6+,7-,8-,9-,10-,11+,12+/m1/s1. The minimum Gasteiger partial charge on any atom is -0.394 e. The molecule has 142 valence electrons. The molecule has 7 N–H and O–H groups in total. The van der Waals surface area contributed by atoms with Crippen LogP contribution in [0.2, 0.25) is 0 Å². The number of aliphatic hydroxyl groups is 7. The molecule has 0 aromatic heterocycles. The van der Waals surface area contributed by atoms with E-state index in [9.17, 15) is 35.7 Å². The van der Waals surface area contributed by atoms with Crippen LogP contribution in [0.15, 0.2) is 0 Å². The molecule has 2 aliphatic rings. The molecule has 2 fully saturated rings. The fourth-order valence-electron chi connectivity index (χ4n) is 2.62.